The summed E-state index contributed by atoms with van der Waals surface area (Å²) in [5.41, 5.74) is 3.65. The van der Waals surface area contributed by atoms with E-state index >= 15 is 0 Å². The third kappa shape index (κ3) is 3.47. The number of carbonyl (C=O) groups is 2. The van der Waals surface area contributed by atoms with Crippen molar-refractivity contribution < 1.29 is 23.8 Å². The SMILES string of the molecule is COC(=O)c1c(-c2ccc(C(=O)O)cc2)nc2cc3[nH]ncc3cc2c1-c1ccc(F)cc1. The minimum atomic E-state index is -1.06. The van der Waals surface area contributed by atoms with E-state index in [1.807, 2.05) is 12.1 Å². The molecule has 0 aliphatic carbocycles. The second-order valence-corrected chi connectivity index (χ2v) is 7.42. The number of esters is 1. The molecule has 2 heterocycles. The molecule has 0 radical (unpaired) electrons. The van der Waals surface area contributed by atoms with Crippen molar-refractivity contribution >= 4 is 33.7 Å². The Balaban J connectivity index is 1.91. The van der Waals surface area contributed by atoms with Gasteiger partial charge in [-0.2, -0.15) is 5.10 Å². The number of benzene rings is 3. The van der Waals surface area contributed by atoms with Crippen LogP contribution in [0.25, 0.3) is 44.2 Å². The first-order chi connectivity index (χ1) is 16.0. The van der Waals surface area contributed by atoms with Crippen molar-refractivity contribution in [2.45, 2.75) is 0 Å². The molecule has 0 saturated heterocycles. The van der Waals surface area contributed by atoms with Gasteiger partial charge in [0.2, 0.25) is 0 Å². The highest BCUT2D eigenvalue weighted by Gasteiger charge is 2.25. The molecule has 0 saturated carbocycles. The molecule has 5 rings (SSSR count). The number of H-pyrrole nitrogens is 1. The number of hydrogen-bond donors (Lipinski definition) is 2. The van der Waals surface area contributed by atoms with Gasteiger partial charge in [-0.1, -0.05) is 24.3 Å². The van der Waals surface area contributed by atoms with Crippen LogP contribution >= 0.6 is 0 Å². The Kier molecular flexibility index (Phi) is 4.82. The molecule has 7 nitrogen and oxygen atoms in total. The van der Waals surface area contributed by atoms with Gasteiger partial charge >= 0.3 is 11.9 Å². The molecule has 162 valence electrons. The zero-order valence-corrected chi connectivity index (χ0v) is 17.3. The standard InChI is InChI=1S/C25H16FN3O4/c1-33-25(32)22-21(13-6-8-17(26)9-7-13)18-10-16-12-27-29-19(16)11-20(18)28-23(22)14-2-4-15(5-3-14)24(30)31/h2-12H,1H3,(H,27,29)(H,30,31). The largest absolute Gasteiger partial charge is 0.478 e. The minimum Gasteiger partial charge on any atom is -0.478 e. The number of hydrogen-bond acceptors (Lipinski definition) is 5. The van der Waals surface area contributed by atoms with Gasteiger partial charge in [-0.25, -0.2) is 19.0 Å². The van der Waals surface area contributed by atoms with Crippen LogP contribution in [0.5, 0.6) is 0 Å². The van der Waals surface area contributed by atoms with Crippen molar-refractivity contribution in [2.24, 2.45) is 0 Å². The molecule has 0 atom stereocenters. The number of pyridine rings is 1. The van der Waals surface area contributed by atoms with Gasteiger partial charge < -0.3 is 9.84 Å². The summed E-state index contributed by atoms with van der Waals surface area (Å²) >= 11 is 0. The summed E-state index contributed by atoms with van der Waals surface area (Å²) < 4.78 is 18.8. The average Bonchev–Trinajstić information content (AvgIpc) is 3.29. The fourth-order valence-corrected chi connectivity index (χ4v) is 3.90. The predicted octanol–water partition coefficient (Wildman–Crippen LogP) is 5.07. The van der Waals surface area contributed by atoms with E-state index in [4.69, 9.17) is 9.72 Å². The van der Waals surface area contributed by atoms with Crippen molar-refractivity contribution in [3.05, 3.63) is 83.8 Å². The van der Waals surface area contributed by atoms with Crippen LogP contribution in [0.15, 0.2) is 66.9 Å². The van der Waals surface area contributed by atoms with Gasteiger partial charge in [0.1, 0.15) is 5.82 Å². The number of aromatic amines is 1. The van der Waals surface area contributed by atoms with Gasteiger partial charge in [0.15, 0.2) is 0 Å². The third-order valence-corrected chi connectivity index (χ3v) is 5.47. The Morgan fingerprint density at radius 2 is 1.70 bits per heavy atom. The topological polar surface area (TPSA) is 105 Å². The Morgan fingerprint density at radius 3 is 2.36 bits per heavy atom. The molecular weight excluding hydrogens is 425 g/mol. The van der Waals surface area contributed by atoms with E-state index in [1.165, 1.54) is 31.4 Å². The lowest BCUT2D eigenvalue weighted by Crippen LogP contribution is -2.09. The number of carboxylic acids is 1. The van der Waals surface area contributed by atoms with Gasteiger partial charge in [-0.15, -0.1) is 0 Å². The highest BCUT2D eigenvalue weighted by Crippen LogP contribution is 2.39. The van der Waals surface area contributed by atoms with Crippen LogP contribution in [0.4, 0.5) is 4.39 Å². The Bertz CT molecular complexity index is 1540. The smallest absolute Gasteiger partial charge is 0.340 e. The zero-order chi connectivity index (χ0) is 23.1. The highest BCUT2D eigenvalue weighted by molar-refractivity contribution is 6.13. The van der Waals surface area contributed by atoms with Crippen LogP contribution < -0.4 is 0 Å². The maximum Gasteiger partial charge on any atom is 0.340 e. The molecule has 8 heteroatoms. The van der Waals surface area contributed by atoms with E-state index in [2.05, 4.69) is 10.2 Å². The van der Waals surface area contributed by atoms with E-state index in [0.29, 0.717) is 33.3 Å². The van der Waals surface area contributed by atoms with Crippen LogP contribution in [0.1, 0.15) is 20.7 Å². The van der Waals surface area contributed by atoms with E-state index in [9.17, 15) is 19.1 Å². The molecule has 0 aliphatic rings. The van der Waals surface area contributed by atoms with Crippen LogP contribution in [-0.2, 0) is 4.74 Å². The van der Waals surface area contributed by atoms with Crippen LogP contribution in [0.2, 0.25) is 0 Å². The fourth-order valence-electron chi connectivity index (χ4n) is 3.90. The molecule has 2 aromatic heterocycles. The number of nitrogens with zero attached hydrogens (tertiary/aromatic N) is 2. The van der Waals surface area contributed by atoms with E-state index < -0.39 is 17.8 Å². The molecule has 0 unspecified atom stereocenters. The number of aromatic nitrogens is 3. The number of methoxy groups -OCH3 is 1. The molecule has 0 fully saturated rings. The maximum atomic E-state index is 13.7. The Labute approximate surface area is 186 Å². The minimum absolute atomic E-state index is 0.108. The van der Waals surface area contributed by atoms with E-state index in [-0.39, 0.29) is 11.1 Å². The maximum absolute atomic E-state index is 13.7. The number of ether oxygens (including phenoxy) is 1. The third-order valence-electron chi connectivity index (χ3n) is 5.47. The lowest BCUT2D eigenvalue weighted by molar-refractivity contribution is 0.0601. The van der Waals surface area contributed by atoms with E-state index in [0.717, 1.165) is 10.9 Å². The van der Waals surface area contributed by atoms with Gasteiger partial charge in [0.05, 0.1) is 41.2 Å². The lowest BCUT2D eigenvalue weighted by Gasteiger charge is -2.17. The molecule has 3 aromatic carbocycles. The summed E-state index contributed by atoms with van der Waals surface area (Å²) in [5.74, 6) is -2.08. The summed E-state index contributed by atoms with van der Waals surface area (Å²) in [5, 5.41) is 17.7. The summed E-state index contributed by atoms with van der Waals surface area (Å²) in [6, 6.07) is 15.6. The van der Waals surface area contributed by atoms with Gasteiger partial charge in [-0.05, 0) is 42.0 Å². The number of carboxylic acid groups (broad SMARTS) is 1. The predicted molar refractivity (Wildman–Crippen MR) is 121 cm³/mol. The zero-order valence-electron chi connectivity index (χ0n) is 17.3. The second kappa shape index (κ2) is 7.83. The van der Waals surface area contributed by atoms with Crippen molar-refractivity contribution in [3.63, 3.8) is 0 Å². The normalized spacial score (nSPS) is 11.1. The molecule has 0 spiro atoms. The Hall–Kier alpha value is -4.59. The van der Waals surface area contributed by atoms with E-state index in [1.54, 1.807) is 30.5 Å². The number of nitrogens with one attached hydrogen (secondary N) is 1. The second-order valence-electron chi connectivity index (χ2n) is 7.42. The summed E-state index contributed by atoms with van der Waals surface area (Å²) in [7, 11) is 1.28. The summed E-state index contributed by atoms with van der Waals surface area (Å²) in [4.78, 5) is 29.1. The van der Waals surface area contributed by atoms with Gasteiger partial charge in [0, 0.05) is 21.9 Å². The molecule has 5 aromatic rings. The number of fused-ring (bicyclic) bond motifs is 2. The molecule has 0 bridgehead atoms. The summed E-state index contributed by atoms with van der Waals surface area (Å²) in [6.07, 6.45) is 1.67. The first-order valence-electron chi connectivity index (χ1n) is 9.95. The highest BCUT2D eigenvalue weighted by atomic mass is 19.1. The van der Waals surface area contributed by atoms with Gasteiger partial charge in [-0.3, -0.25) is 5.10 Å². The monoisotopic (exact) mass is 441 g/mol. The van der Waals surface area contributed by atoms with Crippen LogP contribution in [0, 0.1) is 5.82 Å². The van der Waals surface area contributed by atoms with Crippen molar-refractivity contribution in [3.8, 4) is 22.4 Å². The number of halogens is 1. The fraction of sp³-hybridized carbons (Fsp3) is 0.0400. The molecular formula is C25H16FN3O4. The summed E-state index contributed by atoms with van der Waals surface area (Å²) in [6.45, 7) is 0. The van der Waals surface area contributed by atoms with Crippen molar-refractivity contribution in [1.82, 2.24) is 15.2 Å². The van der Waals surface area contributed by atoms with Crippen molar-refractivity contribution in [1.29, 1.82) is 0 Å². The Morgan fingerprint density at radius 1 is 1.00 bits per heavy atom. The average molecular weight is 441 g/mol. The molecule has 0 amide bonds. The van der Waals surface area contributed by atoms with Crippen molar-refractivity contribution in [2.75, 3.05) is 7.11 Å². The quantitative estimate of drug-likeness (QED) is 0.377. The van der Waals surface area contributed by atoms with Crippen LogP contribution in [0.3, 0.4) is 0 Å². The molecule has 33 heavy (non-hydrogen) atoms. The number of aromatic carboxylic acids is 1. The number of carbonyl (C=O) groups excluding carboxylic acids is 1. The van der Waals surface area contributed by atoms with Crippen LogP contribution in [-0.4, -0.2) is 39.3 Å². The first kappa shape index (κ1) is 20.3. The molecule has 0 aliphatic heterocycles. The molecule has 2 N–H and O–H groups in total. The lowest BCUT2D eigenvalue weighted by atomic mass is 9.91. The number of rotatable bonds is 4. The van der Waals surface area contributed by atoms with Gasteiger partial charge in [0.25, 0.3) is 0 Å². The first-order valence-corrected chi connectivity index (χ1v) is 9.95.